The number of rotatable bonds is 3. The Labute approximate surface area is 175 Å². The molecule has 11 heteroatoms. The smallest absolute Gasteiger partial charge is 0.478 e. The lowest BCUT2D eigenvalue weighted by Gasteiger charge is -2.18. The first kappa shape index (κ1) is 23.8. The highest BCUT2D eigenvalue weighted by Gasteiger charge is 2.38. The third kappa shape index (κ3) is 6.24. The van der Waals surface area contributed by atoms with Crippen molar-refractivity contribution in [2.24, 2.45) is 0 Å². The number of aromatic carboxylic acids is 1. The molecule has 0 radical (unpaired) electrons. The van der Waals surface area contributed by atoms with E-state index < -0.39 is 18.1 Å². The minimum absolute atomic E-state index is 0.121. The molecule has 0 atom stereocenters. The average Bonchev–Trinajstić information content (AvgIpc) is 2.94. The Morgan fingerprint density at radius 1 is 1.10 bits per heavy atom. The van der Waals surface area contributed by atoms with Gasteiger partial charge in [-0.25, -0.2) is 9.59 Å². The monoisotopic (exact) mass is 439 g/mol. The second kappa shape index (κ2) is 10.0. The normalized spacial score (nSPS) is 13.4. The van der Waals surface area contributed by atoms with Crippen LogP contribution in [-0.2, 0) is 22.4 Å². The Hall–Kier alpha value is -3.50. The van der Waals surface area contributed by atoms with Crippen LogP contribution in [0.15, 0.2) is 30.6 Å². The molecule has 0 spiro atoms. The third-order valence-electron chi connectivity index (χ3n) is 4.54. The number of carboxylic acid groups (broad SMARTS) is 2. The van der Waals surface area contributed by atoms with Crippen molar-refractivity contribution in [1.29, 1.82) is 0 Å². The van der Waals surface area contributed by atoms with E-state index in [0.717, 1.165) is 16.8 Å². The quantitative estimate of drug-likeness (QED) is 0.754. The second-order valence-electron chi connectivity index (χ2n) is 6.57. The highest BCUT2D eigenvalue weighted by molar-refractivity contribution is 5.95. The van der Waals surface area contributed by atoms with E-state index in [2.05, 4.69) is 9.97 Å². The van der Waals surface area contributed by atoms with Gasteiger partial charge in [0, 0.05) is 49.6 Å². The van der Waals surface area contributed by atoms with Gasteiger partial charge in [-0.2, -0.15) is 13.2 Å². The van der Waals surface area contributed by atoms with E-state index in [-0.39, 0.29) is 11.5 Å². The fraction of sp³-hybridized carbons (Fsp3) is 0.350. The number of amides is 1. The lowest BCUT2D eigenvalue weighted by Crippen LogP contribution is -2.32. The summed E-state index contributed by atoms with van der Waals surface area (Å²) in [6.07, 6.45) is -0.0949. The zero-order chi connectivity index (χ0) is 23.2. The largest absolute Gasteiger partial charge is 0.490 e. The van der Waals surface area contributed by atoms with Gasteiger partial charge in [-0.3, -0.25) is 14.8 Å². The van der Waals surface area contributed by atoms with Gasteiger partial charge in [-0.05, 0) is 30.2 Å². The first-order valence-corrected chi connectivity index (χ1v) is 9.29. The number of alkyl halides is 3. The summed E-state index contributed by atoms with van der Waals surface area (Å²) in [4.78, 5) is 42.9. The molecule has 0 unspecified atom stereocenters. The van der Waals surface area contributed by atoms with Crippen LogP contribution < -0.4 is 0 Å². The van der Waals surface area contributed by atoms with Crippen LogP contribution in [0.3, 0.4) is 0 Å². The maximum atomic E-state index is 11.9. The summed E-state index contributed by atoms with van der Waals surface area (Å²) in [5.74, 6) is -3.63. The van der Waals surface area contributed by atoms with Gasteiger partial charge in [0.25, 0.3) is 0 Å². The van der Waals surface area contributed by atoms with E-state index in [9.17, 15) is 27.9 Å². The van der Waals surface area contributed by atoms with Crippen LogP contribution >= 0.6 is 0 Å². The zero-order valence-corrected chi connectivity index (χ0v) is 16.5. The number of hydrogen-bond donors (Lipinski definition) is 2. The number of aliphatic carboxylic acids is 1. The molecule has 31 heavy (non-hydrogen) atoms. The van der Waals surface area contributed by atoms with Crippen LogP contribution in [0, 0.1) is 0 Å². The van der Waals surface area contributed by atoms with Crippen molar-refractivity contribution in [2.45, 2.75) is 32.4 Å². The molecule has 0 aliphatic carbocycles. The van der Waals surface area contributed by atoms with E-state index in [4.69, 9.17) is 9.90 Å². The molecule has 1 amide bonds. The van der Waals surface area contributed by atoms with Crippen LogP contribution in [0.2, 0.25) is 0 Å². The second-order valence-corrected chi connectivity index (χ2v) is 6.57. The SMILES string of the molecule is CCC(=O)N1CCc2cc(C(=O)O)c(-c3ccncc3)nc2CC1.O=C(O)C(F)(F)F. The molecule has 0 saturated carbocycles. The molecule has 0 saturated heterocycles. The number of aromatic nitrogens is 2. The van der Waals surface area contributed by atoms with Crippen LogP contribution in [0.1, 0.15) is 35.0 Å². The standard InChI is InChI=1S/C18H19N3O3.C2HF3O2/c1-2-16(22)21-9-5-13-11-14(18(23)24)17(20-15(13)6-10-21)12-3-7-19-8-4-12;3-2(4,5)1(6)7/h3-4,7-8,11H,2,5-6,9-10H2,1H3,(H,23,24);(H,6,7). The molecule has 2 N–H and O–H groups in total. The van der Waals surface area contributed by atoms with Crippen molar-refractivity contribution in [2.75, 3.05) is 13.1 Å². The number of pyridine rings is 2. The molecule has 8 nitrogen and oxygen atoms in total. The van der Waals surface area contributed by atoms with Crippen molar-refractivity contribution in [3.63, 3.8) is 0 Å². The zero-order valence-electron chi connectivity index (χ0n) is 16.5. The van der Waals surface area contributed by atoms with Gasteiger partial charge in [-0.1, -0.05) is 6.92 Å². The number of fused-ring (bicyclic) bond motifs is 1. The molecule has 1 aliphatic heterocycles. The summed E-state index contributed by atoms with van der Waals surface area (Å²) < 4.78 is 31.7. The molecule has 166 valence electrons. The fourth-order valence-electron chi connectivity index (χ4n) is 3.00. The molecule has 3 rings (SSSR count). The van der Waals surface area contributed by atoms with Crippen molar-refractivity contribution in [3.05, 3.63) is 47.4 Å². The number of carboxylic acids is 2. The maximum absolute atomic E-state index is 11.9. The van der Waals surface area contributed by atoms with Crippen molar-refractivity contribution >= 4 is 17.8 Å². The number of hydrogen-bond acceptors (Lipinski definition) is 5. The maximum Gasteiger partial charge on any atom is 0.490 e. The van der Waals surface area contributed by atoms with E-state index in [1.165, 1.54) is 0 Å². The predicted octanol–water partition coefficient (Wildman–Crippen LogP) is 2.81. The molecule has 0 fully saturated rings. The topological polar surface area (TPSA) is 121 Å². The number of nitrogens with zero attached hydrogens (tertiary/aromatic N) is 3. The van der Waals surface area contributed by atoms with Crippen molar-refractivity contribution in [3.8, 4) is 11.3 Å². The number of halogens is 3. The summed E-state index contributed by atoms with van der Waals surface area (Å²) >= 11 is 0. The first-order chi connectivity index (χ1) is 14.5. The van der Waals surface area contributed by atoms with Crippen LogP contribution in [0.5, 0.6) is 0 Å². The molecule has 0 bridgehead atoms. The Kier molecular flexibility index (Phi) is 7.67. The van der Waals surface area contributed by atoms with Gasteiger partial charge in [0.05, 0.1) is 11.3 Å². The van der Waals surface area contributed by atoms with Crippen LogP contribution in [0.4, 0.5) is 13.2 Å². The highest BCUT2D eigenvalue weighted by Crippen LogP contribution is 2.26. The molecular formula is C20H20F3N3O5. The Morgan fingerprint density at radius 3 is 2.19 bits per heavy atom. The molecule has 3 heterocycles. The summed E-state index contributed by atoms with van der Waals surface area (Å²) in [5.41, 5.74) is 3.17. The first-order valence-electron chi connectivity index (χ1n) is 9.29. The van der Waals surface area contributed by atoms with E-state index in [0.29, 0.717) is 38.0 Å². The molecule has 2 aromatic rings. The van der Waals surface area contributed by atoms with Crippen LogP contribution in [-0.4, -0.2) is 62.2 Å². The van der Waals surface area contributed by atoms with E-state index in [1.807, 2.05) is 11.8 Å². The number of carbonyl (C=O) groups is 3. The minimum Gasteiger partial charge on any atom is -0.478 e. The summed E-state index contributed by atoms with van der Waals surface area (Å²) in [7, 11) is 0. The average molecular weight is 439 g/mol. The molecule has 0 aromatic carbocycles. The lowest BCUT2D eigenvalue weighted by molar-refractivity contribution is -0.192. The van der Waals surface area contributed by atoms with Gasteiger partial charge in [0.2, 0.25) is 5.91 Å². The summed E-state index contributed by atoms with van der Waals surface area (Å²) in [5, 5.41) is 16.7. The third-order valence-corrected chi connectivity index (χ3v) is 4.54. The Balaban J connectivity index is 0.000000423. The lowest BCUT2D eigenvalue weighted by atomic mass is 10.0. The molecule has 1 aliphatic rings. The van der Waals surface area contributed by atoms with Gasteiger partial charge < -0.3 is 15.1 Å². The van der Waals surface area contributed by atoms with Crippen molar-refractivity contribution < 1.29 is 37.8 Å². The van der Waals surface area contributed by atoms with Gasteiger partial charge in [0.15, 0.2) is 0 Å². The summed E-state index contributed by atoms with van der Waals surface area (Å²) in [6.45, 7) is 3.08. The Bertz CT molecular complexity index is 965. The number of carbonyl (C=O) groups excluding carboxylic acids is 1. The molecular weight excluding hydrogens is 419 g/mol. The van der Waals surface area contributed by atoms with Crippen molar-refractivity contribution in [1.82, 2.24) is 14.9 Å². The minimum atomic E-state index is -5.08. The van der Waals surface area contributed by atoms with Crippen LogP contribution in [0.25, 0.3) is 11.3 Å². The summed E-state index contributed by atoms with van der Waals surface area (Å²) in [6, 6.07) is 5.22. The predicted molar refractivity (Wildman–Crippen MR) is 102 cm³/mol. The van der Waals surface area contributed by atoms with Gasteiger partial charge in [0.1, 0.15) is 0 Å². The molecule has 2 aromatic heterocycles. The highest BCUT2D eigenvalue weighted by atomic mass is 19.4. The van der Waals surface area contributed by atoms with E-state index >= 15 is 0 Å². The Morgan fingerprint density at radius 2 is 1.68 bits per heavy atom. The van der Waals surface area contributed by atoms with E-state index in [1.54, 1.807) is 30.6 Å². The van der Waals surface area contributed by atoms with Gasteiger partial charge in [-0.15, -0.1) is 0 Å². The van der Waals surface area contributed by atoms with Gasteiger partial charge >= 0.3 is 18.1 Å². The fourth-order valence-corrected chi connectivity index (χ4v) is 3.00.